The Labute approximate surface area is 160 Å². The maximum Gasteiger partial charge on any atom is 0.258 e. The van der Waals surface area contributed by atoms with Crippen molar-refractivity contribution in [3.05, 3.63) is 76.6 Å². The second kappa shape index (κ2) is 6.81. The van der Waals surface area contributed by atoms with Crippen molar-refractivity contribution in [2.45, 2.75) is 13.8 Å². The Morgan fingerprint density at radius 1 is 1.04 bits per heavy atom. The number of halogens is 1. The van der Waals surface area contributed by atoms with Crippen LogP contribution in [0.15, 0.2) is 54.7 Å². The van der Waals surface area contributed by atoms with Gasteiger partial charge >= 0.3 is 0 Å². The highest BCUT2D eigenvalue weighted by Gasteiger charge is 2.14. The molecule has 0 aliphatic carbocycles. The number of rotatable bonds is 3. The molecule has 0 fully saturated rings. The molecular weight excluding hydrogens is 362 g/mol. The van der Waals surface area contributed by atoms with Crippen LogP contribution < -0.4 is 5.32 Å². The van der Waals surface area contributed by atoms with Gasteiger partial charge in [-0.1, -0.05) is 29.3 Å². The van der Waals surface area contributed by atoms with Crippen molar-refractivity contribution in [2.75, 3.05) is 5.32 Å². The number of pyridine rings is 1. The monoisotopic (exact) mass is 377 g/mol. The lowest BCUT2D eigenvalue weighted by Gasteiger charge is -2.08. The fourth-order valence-corrected chi connectivity index (χ4v) is 2.95. The van der Waals surface area contributed by atoms with Gasteiger partial charge in [0, 0.05) is 11.9 Å². The van der Waals surface area contributed by atoms with E-state index in [1.807, 2.05) is 50.2 Å². The summed E-state index contributed by atoms with van der Waals surface area (Å²) in [6, 6.07) is 15.0. The molecule has 0 saturated carbocycles. The molecule has 0 aliphatic rings. The zero-order valence-electron chi connectivity index (χ0n) is 14.8. The van der Waals surface area contributed by atoms with Crippen LogP contribution >= 0.6 is 11.6 Å². The molecule has 2 heterocycles. The number of aromatic nitrogens is 4. The molecule has 1 amide bonds. The van der Waals surface area contributed by atoms with Crippen molar-refractivity contribution < 1.29 is 4.79 Å². The first-order chi connectivity index (χ1) is 13.0. The molecule has 27 heavy (non-hydrogen) atoms. The maximum atomic E-state index is 12.5. The average molecular weight is 378 g/mol. The summed E-state index contributed by atoms with van der Waals surface area (Å²) in [5.41, 5.74) is 5.35. The van der Waals surface area contributed by atoms with E-state index in [4.69, 9.17) is 11.6 Å². The number of nitrogens with zero attached hydrogens (tertiary/aromatic N) is 4. The van der Waals surface area contributed by atoms with E-state index >= 15 is 0 Å². The number of amides is 1. The lowest BCUT2D eigenvalue weighted by molar-refractivity contribution is 0.102. The molecule has 6 nitrogen and oxygen atoms in total. The van der Waals surface area contributed by atoms with Gasteiger partial charge in [-0.15, -0.1) is 10.2 Å². The van der Waals surface area contributed by atoms with E-state index in [0.717, 1.165) is 16.8 Å². The van der Waals surface area contributed by atoms with Gasteiger partial charge in [0.25, 0.3) is 5.91 Å². The number of hydrogen-bond acceptors (Lipinski definition) is 4. The van der Waals surface area contributed by atoms with E-state index in [2.05, 4.69) is 20.5 Å². The molecule has 4 rings (SSSR count). The van der Waals surface area contributed by atoms with E-state index in [9.17, 15) is 4.79 Å². The minimum atomic E-state index is -0.318. The second-order valence-corrected chi connectivity index (χ2v) is 6.63. The lowest BCUT2D eigenvalue weighted by atomic mass is 10.1. The minimum absolute atomic E-state index is 0.166. The fourth-order valence-electron chi connectivity index (χ4n) is 2.74. The fraction of sp³-hybridized carbons (Fsp3) is 0.100. The average Bonchev–Trinajstić information content (AvgIpc) is 3.05. The van der Waals surface area contributed by atoms with E-state index in [1.165, 1.54) is 5.56 Å². The Kier molecular flexibility index (Phi) is 4.33. The lowest BCUT2D eigenvalue weighted by Crippen LogP contribution is -2.13. The van der Waals surface area contributed by atoms with Crippen molar-refractivity contribution in [2.24, 2.45) is 0 Å². The van der Waals surface area contributed by atoms with Crippen LogP contribution in [0.4, 0.5) is 5.69 Å². The van der Waals surface area contributed by atoms with Gasteiger partial charge in [-0.05, 0) is 55.8 Å². The number of aryl methyl sites for hydroxylation is 2. The van der Waals surface area contributed by atoms with Crippen LogP contribution in [0, 0.1) is 13.8 Å². The Bertz CT molecular complexity index is 1150. The summed E-state index contributed by atoms with van der Waals surface area (Å²) in [5.74, 6) is -0.318. The Morgan fingerprint density at radius 3 is 2.44 bits per heavy atom. The molecule has 134 valence electrons. The van der Waals surface area contributed by atoms with Crippen molar-refractivity contribution in [1.82, 2.24) is 20.0 Å². The van der Waals surface area contributed by atoms with Crippen LogP contribution in [-0.2, 0) is 0 Å². The zero-order valence-corrected chi connectivity index (χ0v) is 15.5. The second-order valence-electron chi connectivity index (χ2n) is 6.28. The molecule has 0 bridgehead atoms. The molecule has 0 spiro atoms. The summed E-state index contributed by atoms with van der Waals surface area (Å²) >= 11 is 6.00. The van der Waals surface area contributed by atoms with Crippen LogP contribution in [-0.4, -0.2) is 25.9 Å². The van der Waals surface area contributed by atoms with Crippen molar-refractivity contribution in [3.63, 3.8) is 0 Å². The number of carbonyl (C=O) groups excluding carboxylic acids is 1. The normalized spacial score (nSPS) is 10.9. The highest BCUT2D eigenvalue weighted by Crippen LogP contribution is 2.23. The summed E-state index contributed by atoms with van der Waals surface area (Å²) in [6.07, 6.45) is 1.54. The zero-order chi connectivity index (χ0) is 19.0. The first kappa shape index (κ1) is 17.2. The van der Waals surface area contributed by atoms with Gasteiger partial charge in [0.2, 0.25) is 0 Å². The molecule has 0 unspecified atom stereocenters. The predicted octanol–water partition coefficient (Wildman–Crippen LogP) is 4.34. The summed E-state index contributed by atoms with van der Waals surface area (Å²) in [7, 11) is 0. The van der Waals surface area contributed by atoms with Gasteiger partial charge in [-0.25, -0.2) is 4.98 Å². The molecular formula is C20H16ClN5O. The quantitative estimate of drug-likeness (QED) is 0.539. The SMILES string of the molecule is Cc1ccc(-n2nc3cc(C)c(NC(=O)c4cccnc4Cl)cc3n2)cc1. The topological polar surface area (TPSA) is 72.7 Å². The molecule has 0 aliphatic heterocycles. The highest BCUT2D eigenvalue weighted by atomic mass is 35.5. The molecule has 0 atom stereocenters. The third kappa shape index (κ3) is 3.39. The summed E-state index contributed by atoms with van der Waals surface area (Å²) in [4.78, 5) is 18.0. The first-order valence-corrected chi connectivity index (χ1v) is 8.76. The Morgan fingerprint density at radius 2 is 1.74 bits per heavy atom. The number of anilines is 1. The van der Waals surface area contributed by atoms with Crippen molar-refractivity contribution in [1.29, 1.82) is 0 Å². The highest BCUT2D eigenvalue weighted by molar-refractivity contribution is 6.33. The summed E-state index contributed by atoms with van der Waals surface area (Å²) < 4.78 is 0. The smallest absolute Gasteiger partial charge is 0.258 e. The van der Waals surface area contributed by atoms with E-state index in [-0.39, 0.29) is 11.1 Å². The van der Waals surface area contributed by atoms with Crippen molar-refractivity contribution in [3.8, 4) is 5.69 Å². The number of benzene rings is 2. The molecule has 2 aromatic heterocycles. The van der Waals surface area contributed by atoms with Crippen LogP contribution in [0.3, 0.4) is 0 Å². The maximum absolute atomic E-state index is 12.5. The van der Waals surface area contributed by atoms with Gasteiger partial charge in [-0.3, -0.25) is 4.79 Å². The molecule has 4 aromatic rings. The summed E-state index contributed by atoms with van der Waals surface area (Å²) in [6.45, 7) is 3.94. The van der Waals surface area contributed by atoms with Gasteiger partial charge < -0.3 is 5.32 Å². The van der Waals surface area contributed by atoms with E-state index in [1.54, 1.807) is 23.1 Å². The molecule has 2 aromatic carbocycles. The third-order valence-electron chi connectivity index (χ3n) is 4.24. The minimum Gasteiger partial charge on any atom is -0.322 e. The number of hydrogen-bond donors (Lipinski definition) is 1. The van der Waals surface area contributed by atoms with Crippen molar-refractivity contribution >= 4 is 34.2 Å². The molecule has 7 heteroatoms. The van der Waals surface area contributed by atoms with Crippen LogP contribution in [0.1, 0.15) is 21.5 Å². The van der Waals surface area contributed by atoms with Crippen LogP contribution in [0.2, 0.25) is 5.15 Å². The molecule has 1 N–H and O–H groups in total. The van der Waals surface area contributed by atoms with E-state index < -0.39 is 0 Å². The van der Waals surface area contributed by atoms with E-state index in [0.29, 0.717) is 16.8 Å². The van der Waals surface area contributed by atoms with Gasteiger partial charge in [0.1, 0.15) is 16.2 Å². The molecule has 0 radical (unpaired) electrons. The Hall–Kier alpha value is -3.25. The Balaban J connectivity index is 1.68. The predicted molar refractivity (Wildman–Crippen MR) is 106 cm³/mol. The van der Waals surface area contributed by atoms with Crippen LogP contribution in [0.25, 0.3) is 16.7 Å². The standard InChI is InChI=1S/C20H16ClN5O/c1-12-5-7-14(8-6-12)26-24-17-10-13(2)16(11-18(17)25-26)23-20(27)15-4-3-9-22-19(15)21/h3-11H,1-2H3,(H,23,27). The van der Waals surface area contributed by atoms with Crippen LogP contribution in [0.5, 0.6) is 0 Å². The third-order valence-corrected chi connectivity index (χ3v) is 4.54. The van der Waals surface area contributed by atoms with Gasteiger partial charge in [0.15, 0.2) is 0 Å². The van der Waals surface area contributed by atoms with Gasteiger partial charge in [0.05, 0.1) is 11.3 Å². The largest absolute Gasteiger partial charge is 0.322 e. The molecule has 0 saturated heterocycles. The number of carbonyl (C=O) groups is 1. The summed E-state index contributed by atoms with van der Waals surface area (Å²) in [5, 5.41) is 12.1. The first-order valence-electron chi connectivity index (χ1n) is 8.38. The number of nitrogens with one attached hydrogen (secondary N) is 1. The number of fused-ring (bicyclic) bond motifs is 1. The van der Waals surface area contributed by atoms with Gasteiger partial charge in [-0.2, -0.15) is 4.80 Å².